The molecule has 23 heavy (non-hydrogen) atoms. The molecular weight excluding hydrogens is 429 g/mol. The topological polar surface area (TPSA) is 63.7 Å². The van der Waals surface area contributed by atoms with Gasteiger partial charge in [-0.15, -0.1) is 0 Å². The van der Waals surface area contributed by atoms with Crippen molar-refractivity contribution >= 4 is 38.6 Å². The van der Waals surface area contributed by atoms with E-state index in [9.17, 15) is 13.2 Å². The summed E-state index contributed by atoms with van der Waals surface area (Å²) in [4.78, 5) is 12.0. The lowest BCUT2D eigenvalue weighted by Crippen LogP contribution is -2.49. The fourth-order valence-corrected chi connectivity index (χ4v) is 5.90. The van der Waals surface area contributed by atoms with Gasteiger partial charge in [-0.25, -0.2) is 8.42 Å². The molecule has 1 aromatic carbocycles. The zero-order valence-electron chi connectivity index (χ0n) is 12.9. The van der Waals surface area contributed by atoms with E-state index in [1.165, 1.54) is 4.31 Å². The summed E-state index contributed by atoms with van der Waals surface area (Å²) in [5.41, 5.74) is 1.02. The Balaban J connectivity index is 1.88. The van der Waals surface area contributed by atoms with Crippen molar-refractivity contribution in [2.45, 2.75) is 53.6 Å². The molecule has 3 rings (SSSR count). The number of hydrogen-bond acceptors (Lipinski definition) is 4. The largest absolute Gasteiger partial charge is 0.460 e. The molecule has 0 spiro atoms. The Hall–Kier alpha value is -0.670. The molecule has 2 heterocycles. The minimum absolute atomic E-state index is 0.157. The molecule has 0 aliphatic carbocycles. The highest BCUT2D eigenvalue weighted by Crippen LogP contribution is 2.35. The van der Waals surface area contributed by atoms with Crippen LogP contribution >= 0.6 is 22.6 Å². The fraction of sp³-hybridized carbons (Fsp3) is 0.562. The predicted molar refractivity (Wildman–Crippen MR) is 95.0 cm³/mol. The van der Waals surface area contributed by atoms with Crippen LogP contribution < -0.4 is 0 Å². The zero-order chi connectivity index (χ0) is 16.6. The second kappa shape index (κ2) is 6.68. The number of sulfonamides is 1. The van der Waals surface area contributed by atoms with E-state index in [0.29, 0.717) is 17.9 Å². The fourth-order valence-electron chi connectivity index (χ4n) is 3.26. The Morgan fingerprint density at radius 1 is 1.22 bits per heavy atom. The Morgan fingerprint density at radius 2 is 1.91 bits per heavy atom. The van der Waals surface area contributed by atoms with E-state index in [0.717, 1.165) is 24.8 Å². The first-order valence-electron chi connectivity index (χ1n) is 7.81. The number of nitrogens with zero attached hydrogens (tertiary/aromatic N) is 1. The van der Waals surface area contributed by atoms with E-state index in [4.69, 9.17) is 4.74 Å². The third-order valence-corrected chi connectivity index (χ3v) is 7.77. The van der Waals surface area contributed by atoms with E-state index in [-0.39, 0.29) is 22.0 Å². The van der Waals surface area contributed by atoms with Crippen molar-refractivity contribution in [2.75, 3.05) is 6.54 Å². The summed E-state index contributed by atoms with van der Waals surface area (Å²) >= 11 is 2.28. The van der Waals surface area contributed by atoms with E-state index < -0.39 is 10.0 Å². The lowest BCUT2D eigenvalue weighted by atomic mass is 10.0. The highest BCUT2D eigenvalue weighted by molar-refractivity contribution is 14.1. The van der Waals surface area contributed by atoms with Gasteiger partial charge < -0.3 is 4.74 Å². The van der Waals surface area contributed by atoms with Gasteiger partial charge in [0.15, 0.2) is 0 Å². The molecule has 0 N–H and O–H groups in total. The number of alkyl halides is 1. The molecule has 7 heteroatoms. The quantitative estimate of drug-likeness (QED) is 0.405. The average molecular weight is 449 g/mol. The molecule has 1 aromatic rings. The lowest BCUT2D eigenvalue weighted by Gasteiger charge is -2.35. The van der Waals surface area contributed by atoms with Crippen LogP contribution in [0.3, 0.4) is 0 Å². The molecule has 3 atom stereocenters. The van der Waals surface area contributed by atoms with Gasteiger partial charge in [0.1, 0.15) is 6.10 Å². The summed E-state index contributed by atoms with van der Waals surface area (Å²) in [6.07, 6.45) is 2.36. The van der Waals surface area contributed by atoms with Gasteiger partial charge >= 0.3 is 5.97 Å². The summed E-state index contributed by atoms with van der Waals surface area (Å²) in [6, 6.07) is 6.65. The average Bonchev–Trinajstić information content (AvgIpc) is 3.00. The lowest BCUT2D eigenvalue weighted by molar-refractivity contribution is -0.155. The number of hydrogen-bond donors (Lipinski definition) is 0. The molecule has 2 fully saturated rings. The minimum Gasteiger partial charge on any atom is -0.460 e. The Morgan fingerprint density at radius 3 is 2.61 bits per heavy atom. The molecule has 2 aliphatic heterocycles. The number of esters is 1. The zero-order valence-corrected chi connectivity index (χ0v) is 15.9. The summed E-state index contributed by atoms with van der Waals surface area (Å²) in [5.74, 6) is -0.220. The maximum absolute atomic E-state index is 13.0. The van der Waals surface area contributed by atoms with Gasteiger partial charge in [-0.1, -0.05) is 40.3 Å². The van der Waals surface area contributed by atoms with Gasteiger partial charge in [0.2, 0.25) is 10.0 Å². The maximum atomic E-state index is 13.0. The normalized spacial score (nSPS) is 29.5. The summed E-state index contributed by atoms with van der Waals surface area (Å²) in [5, 5.41) is 0. The Kier molecular flexibility index (Phi) is 4.98. The van der Waals surface area contributed by atoms with Gasteiger partial charge in [0.25, 0.3) is 0 Å². The van der Waals surface area contributed by atoms with Crippen molar-refractivity contribution in [1.82, 2.24) is 4.31 Å². The predicted octanol–water partition coefficient (Wildman–Crippen LogP) is 2.66. The van der Waals surface area contributed by atoms with Gasteiger partial charge in [-0.2, -0.15) is 4.31 Å². The van der Waals surface area contributed by atoms with Crippen molar-refractivity contribution in [3.63, 3.8) is 0 Å². The number of carbonyl (C=O) groups is 1. The molecule has 0 bridgehead atoms. The molecule has 0 radical (unpaired) electrons. The molecule has 0 saturated carbocycles. The van der Waals surface area contributed by atoms with Crippen LogP contribution in [0.1, 0.15) is 31.2 Å². The van der Waals surface area contributed by atoms with Gasteiger partial charge in [0.05, 0.1) is 14.9 Å². The number of halogens is 1. The summed E-state index contributed by atoms with van der Waals surface area (Å²) in [6.45, 7) is 2.41. The second-order valence-corrected chi connectivity index (χ2v) is 9.64. The third kappa shape index (κ3) is 3.41. The number of rotatable bonds is 3. The first-order chi connectivity index (χ1) is 10.9. The molecule has 0 aromatic heterocycles. The van der Waals surface area contributed by atoms with Crippen molar-refractivity contribution < 1.29 is 17.9 Å². The van der Waals surface area contributed by atoms with Gasteiger partial charge in [-0.3, -0.25) is 4.79 Å². The first kappa shape index (κ1) is 17.2. The van der Waals surface area contributed by atoms with Gasteiger partial charge in [0, 0.05) is 13.0 Å². The molecule has 5 nitrogen and oxygen atoms in total. The Labute approximate surface area is 150 Å². The van der Waals surface area contributed by atoms with E-state index in [1.54, 1.807) is 24.3 Å². The van der Waals surface area contributed by atoms with E-state index >= 15 is 0 Å². The minimum atomic E-state index is -3.56. The van der Waals surface area contributed by atoms with Crippen LogP contribution in [0.2, 0.25) is 0 Å². The first-order valence-corrected chi connectivity index (χ1v) is 10.5. The van der Waals surface area contributed by atoms with Crippen LogP contribution in [-0.2, 0) is 19.6 Å². The summed E-state index contributed by atoms with van der Waals surface area (Å²) in [7, 11) is -3.56. The number of carbonyl (C=O) groups excluding carboxylic acids is 1. The molecular formula is C16H20INO4S. The van der Waals surface area contributed by atoms with E-state index in [1.807, 2.05) is 6.92 Å². The number of ether oxygens (including phenoxy) is 1. The molecule has 0 unspecified atom stereocenters. The summed E-state index contributed by atoms with van der Waals surface area (Å²) < 4.78 is 33.1. The molecule has 126 valence electrons. The highest BCUT2D eigenvalue weighted by Gasteiger charge is 2.45. The van der Waals surface area contributed by atoms with Crippen LogP contribution in [0.15, 0.2) is 29.2 Å². The molecule has 2 saturated heterocycles. The van der Waals surface area contributed by atoms with E-state index in [2.05, 4.69) is 22.6 Å². The van der Waals surface area contributed by atoms with Crippen LogP contribution in [0.25, 0.3) is 0 Å². The van der Waals surface area contributed by atoms with Crippen molar-refractivity contribution in [1.29, 1.82) is 0 Å². The van der Waals surface area contributed by atoms with Crippen LogP contribution in [0.4, 0.5) is 0 Å². The van der Waals surface area contributed by atoms with Crippen LogP contribution in [-0.4, -0.2) is 41.3 Å². The Bertz CT molecular complexity index is 689. The highest BCUT2D eigenvalue weighted by atomic mass is 127. The van der Waals surface area contributed by atoms with Gasteiger partial charge in [-0.05, 0) is 38.3 Å². The van der Waals surface area contributed by atoms with Crippen LogP contribution in [0, 0.1) is 6.92 Å². The number of aryl methyl sites for hydroxylation is 1. The van der Waals surface area contributed by atoms with Crippen LogP contribution in [0.5, 0.6) is 0 Å². The second-order valence-electron chi connectivity index (χ2n) is 6.15. The SMILES string of the molecule is Cc1ccc(S(=O)(=O)N2CCC[C@H]2[C@@H]2OC(=O)CC[C@H]2I)cc1. The maximum Gasteiger partial charge on any atom is 0.306 e. The number of benzene rings is 1. The smallest absolute Gasteiger partial charge is 0.306 e. The monoisotopic (exact) mass is 449 g/mol. The van der Waals surface area contributed by atoms with Crippen molar-refractivity contribution in [2.24, 2.45) is 0 Å². The third-order valence-electron chi connectivity index (χ3n) is 4.50. The van der Waals surface area contributed by atoms with Crippen molar-refractivity contribution in [3.05, 3.63) is 29.8 Å². The molecule has 2 aliphatic rings. The standard InChI is InChI=1S/C16H20INO4S/c1-11-4-6-12(7-5-11)23(20,21)18-10-2-3-14(18)16-13(17)8-9-15(19)22-16/h4-7,13-14,16H,2-3,8-10H2,1H3/t13-,14+,16-/m1/s1. The van der Waals surface area contributed by atoms with Crippen molar-refractivity contribution in [3.8, 4) is 0 Å². The molecule has 0 amide bonds. The number of cyclic esters (lactones) is 1.